The van der Waals surface area contributed by atoms with Gasteiger partial charge in [-0.05, 0) is 25.7 Å². The molecule has 0 fully saturated rings. The predicted molar refractivity (Wildman–Crippen MR) is 82.2 cm³/mol. The topological polar surface area (TPSA) is 71.8 Å². The standard InChI is InChI=1S/C15H24F3N5O/c1-9(2)7-20-14(24)10(3)19-8-12-21-22-13-11(15(16,17)18)5-4-6-23(12)13/h9-11,19H,4-8H2,1-3H3,(H,20,24)/t10-,11-/m1/s1. The van der Waals surface area contributed by atoms with Crippen LogP contribution >= 0.6 is 0 Å². The van der Waals surface area contributed by atoms with Crippen molar-refractivity contribution in [2.75, 3.05) is 6.54 Å². The fraction of sp³-hybridized carbons (Fsp3) is 0.800. The van der Waals surface area contributed by atoms with Crippen molar-refractivity contribution in [2.45, 2.75) is 64.8 Å². The smallest absolute Gasteiger partial charge is 0.354 e. The second kappa shape index (κ2) is 7.50. The summed E-state index contributed by atoms with van der Waals surface area (Å²) in [4.78, 5) is 11.9. The SMILES string of the molecule is CC(C)CNC(=O)[C@@H](C)NCc1nnc2n1CCC[C@H]2C(F)(F)F. The molecule has 0 saturated heterocycles. The highest BCUT2D eigenvalue weighted by Crippen LogP contribution is 2.40. The molecule has 0 unspecified atom stereocenters. The van der Waals surface area contributed by atoms with Crippen LogP contribution in [0, 0.1) is 5.92 Å². The second-order valence-corrected chi connectivity index (χ2v) is 6.60. The maximum absolute atomic E-state index is 13.0. The molecule has 0 aliphatic carbocycles. The molecule has 136 valence electrons. The summed E-state index contributed by atoms with van der Waals surface area (Å²) < 4.78 is 40.7. The van der Waals surface area contributed by atoms with Crippen molar-refractivity contribution in [3.63, 3.8) is 0 Å². The molecular weight excluding hydrogens is 323 g/mol. The van der Waals surface area contributed by atoms with Crippen molar-refractivity contribution >= 4 is 5.91 Å². The first-order valence-corrected chi connectivity index (χ1v) is 8.20. The number of carbonyl (C=O) groups excluding carboxylic acids is 1. The molecule has 0 radical (unpaired) electrons. The first kappa shape index (κ1) is 18.7. The van der Waals surface area contributed by atoms with E-state index >= 15 is 0 Å². The van der Waals surface area contributed by atoms with Crippen LogP contribution in [0.4, 0.5) is 13.2 Å². The minimum atomic E-state index is -4.31. The van der Waals surface area contributed by atoms with Crippen molar-refractivity contribution in [3.05, 3.63) is 11.6 Å². The van der Waals surface area contributed by atoms with Gasteiger partial charge in [-0.25, -0.2) is 0 Å². The monoisotopic (exact) mass is 347 g/mol. The number of hydrogen-bond acceptors (Lipinski definition) is 4. The Hall–Kier alpha value is -1.64. The summed E-state index contributed by atoms with van der Waals surface area (Å²) in [5.74, 6) is -0.941. The van der Waals surface area contributed by atoms with Crippen molar-refractivity contribution < 1.29 is 18.0 Å². The molecular formula is C15H24F3N5O. The molecule has 2 rings (SSSR count). The van der Waals surface area contributed by atoms with E-state index in [-0.39, 0.29) is 24.7 Å². The second-order valence-electron chi connectivity index (χ2n) is 6.60. The zero-order chi connectivity index (χ0) is 17.9. The number of fused-ring (bicyclic) bond motifs is 1. The number of alkyl halides is 3. The lowest BCUT2D eigenvalue weighted by Crippen LogP contribution is -2.43. The molecule has 1 aliphatic rings. The van der Waals surface area contributed by atoms with E-state index in [1.807, 2.05) is 13.8 Å². The van der Waals surface area contributed by atoms with Gasteiger partial charge < -0.3 is 9.88 Å². The number of amides is 1. The number of nitrogens with zero attached hydrogens (tertiary/aromatic N) is 3. The lowest BCUT2D eigenvalue weighted by molar-refractivity contribution is -0.156. The van der Waals surface area contributed by atoms with Gasteiger partial charge in [-0.2, -0.15) is 13.2 Å². The van der Waals surface area contributed by atoms with Crippen LogP contribution < -0.4 is 10.6 Å². The van der Waals surface area contributed by atoms with Gasteiger partial charge in [-0.1, -0.05) is 13.8 Å². The normalized spacial score (nSPS) is 19.2. The number of rotatable bonds is 6. The highest BCUT2D eigenvalue weighted by atomic mass is 19.4. The lowest BCUT2D eigenvalue weighted by atomic mass is 9.98. The van der Waals surface area contributed by atoms with Gasteiger partial charge in [0, 0.05) is 13.1 Å². The molecule has 9 heteroatoms. The third-order valence-electron chi connectivity index (χ3n) is 4.08. The molecule has 2 heterocycles. The highest BCUT2D eigenvalue weighted by Gasteiger charge is 2.45. The number of nitrogens with one attached hydrogen (secondary N) is 2. The Kier molecular flexibility index (Phi) is 5.84. The molecule has 2 atom stereocenters. The molecule has 1 amide bonds. The molecule has 0 spiro atoms. The average molecular weight is 347 g/mol. The van der Waals surface area contributed by atoms with Gasteiger partial charge in [0.1, 0.15) is 17.6 Å². The van der Waals surface area contributed by atoms with Crippen LogP contribution in [0.3, 0.4) is 0 Å². The van der Waals surface area contributed by atoms with Crippen LogP contribution in [0.2, 0.25) is 0 Å². The largest absolute Gasteiger partial charge is 0.398 e. The van der Waals surface area contributed by atoms with E-state index in [1.54, 1.807) is 6.92 Å². The molecule has 2 N–H and O–H groups in total. The van der Waals surface area contributed by atoms with Crippen molar-refractivity contribution in [3.8, 4) is 0 Å². The van der Waals surface area contributed by atoms with Crippen LogP contribution in [-0.4, -0.2) is 39.4 Å². The maximum atomic E-state index is 13.0. The summed E-state index contributed by atoms with van der Waals surface area (Å²) in [5, 5.41) is 13.4. The Balaban J connectivity index is 1.97. The zero-order valence-corrected chi connectivity index (χ0v) is 14.2. The van der Waals surface area contributed by atoms with E-state index in [0.717, 1.165) is 0 Å². The zero-order valence-electron chi connectivity index (χ0n) is 14.2. The fourth-order valence-electron chi connectivity index (χ4n) is 2.67. The molecule has 1 aliphatic heterocycles. The predicted octanol–water partition coefficient (Wildman–Crippen LogP) is 1.97. The molecule has 0 bridgehead atoms. The fourth-order valence-corrected chi connectivity index (χ4v) is 2.67. The van der Waals surface area contributed by atoms with E-state index in [9.17, 15) is 18.0 Å². The molecule has 1 aromatic heterocycles. The van der Waals surface area contributed by atoms with Gasteiger partial charge in [0.25, 0.3) is 0 Å². The minimum Gasteiger partial charge on any atom is -0.354 e. The number of halogens is 3. The van der Waals surface area contributed by atoms with Crippen LogP contribution in [0.25, 0.3) is 0 Å². The molecule has 24 heavy (non-hydrogen) atoms. The highest BCUT2D eigenvalue weighted by molar-refractivity contribution is 5.81. The van der Waals surface area contributed by atoms with Gasteiger partial charge >= 0.3 is 6.18 Å². The van der Waals surface area contributed by atoms with Crippen molar-refractivity contribution in [1.29, 1.82) is 0 Å². The van der Waals surface area contributed by atoms with Crippen molar-refractivity contribution in [2.24, 2.45) is 5.92 Å². The number of aromatic nitrogens is 3. The first-order valence-electron chi connectivity index (χ1n) is 8.20. The summed E-state index contributed by atoms with van der Waals surface area (Å²) in [6.07, 6.45) is -3.82. The van der Waals surface area contributed by atoms with Gasteiger partial charge in [-0.15, -0.1) is 10.2 Å². The van der Waals surface area contributed by atoms with Crippen LogP contribution in [0.1, 0.15) is 51.2 Å². The Bertz CT molecular complexity index is 570. The van der Waals surface area contributed by atoms with Crippen molar-refractivity contribution in [1.82, 2.24) is 25.4 Å². The summed E-state index contributed by atoms with van der Waals surface area (Å²) in [6.45, 7) is 6.96. The van der Waals surface area contributed by atoms with Gasteiger partial charge in [-0.3, -0.25) is 10.1 Å². The Morgan fingerprint density at radius 1 is 1.33 bits per heavy atom. The van der Waals surface area contributed by atoms with E-state index in [1.165, 1.54) is 4.57 Å². The van der Waals surface area contributed by atoms with Gasteiger partial charge in [0.15, 0.2) is 0 Å². The van der Waals surface area contributed by atoms with Gasteiger partial charge in [0.2, 0.25) is 5.91 Å². The van der Waals surface area contributed by atoms with Gasteiger partial charge in [0.05, 0.1) is 12.6 Å². The summed E-state index contributed by atoms with van der Waals surface area (Å²) >= 11 is 0. The maximum Gasteiger partial charge on any atom is 0.398 e. The van der Waals surface area contributed by atoms with E-state index < -0.39 is 18.1 Å². The average Bonchev–Trinajstić information content (AvgIpc) is 2.92. The summed E-state index contributed by atoms with van der Waals surface area (Å²) in [6, 6.07) is -0.460. The summed E-state index contributed by atoms with van der Waals surface area (Å²) in [5.41, 5.74) is 0. The molecule has 0 aromatic carbocycles. The third-order valence-corrected chi connectivity index (χ3v) is 4.08. The molecule has 6 nitrogen and oxygen atoms in total. The van der Waals surface area contributed by atoms with E-state index in [4.69, 9.17) is 0 Å². The summed E-state index contributed by atoms with van der Waals surface area (Å²) in [7, 11) is 0. The number of hydrogen-bond donors (Lipinski definition) is 2. The quantitative estimate of drug-likeness (QED) is 0.825. The van der Waals surface area contributed by atoms with E-state index in [2.05, 4.69) is 20.8 Å². The first-order chi connectivity index (χ1) is 11.2. The number of carbonyl (C=O) groups is 1. The minimum absolute atomic E-state index is 0.0255. The van der Waals surface area contributed by atoms with Crippen LogP contribution in [-0.2, 0) is 17.9 Å². The molecule has 0 saturated carbocycles. The van der Waals surface area contributed by atoms with Crippen LogP contribution in [0.5, 0.6) is 0 Å². The molecule has 1 aromatic rings. The van der Waals surface area contributed by atoms with E-state index in [0.29, 0.717) is 31.3 Å². The Morgan fingerprint density at radius 2 is 2.04 bits per heavy atom. The Morgan fingerprint density at radius 3 is 2.67 bits per heavy atom. The van der Waals surface area contributed by atoms with Crippen LogP contribution in [0.15, 0.2) is 0 Å². The third kappa shape index (κ3) is 4.46. The Labute approximate surface area is 139 Å². The lowest BCUT2D eigenvalue weighted by Gasteiger charge is -2.25.